The van der Waals surface area contributed by atoms with Crippen molar-refractivity contribution in [2.24, 2.45) is 0 Å². The third-order valence-corrected chi connectivity index (χ3v) is 4.06. The van der Waals surface area contributed by atoms with Crippen LogP contribution in [0.1, 0.15) is 12.5 Å². The number of halogens is 3. The normalized spacial score (nSPS) is 10.9. The summed E-state index contributed by atoms with van der Waals surface area (Å²) < 4.78 is 42.4. The summed E-state index contributed by atoms with van der Waals surface area (Å²) in [4.78, 5) is 0. The minimum atomic E-state index is -3.04. The Kier molecular flexibility index (Phi) is 5.08. The van der Waals surface area contributed by atoms with Crippen molar-refractivity contribution in [3.8, 4) is 28.0 Å². The Balaban J connectivity index is 1.83. The fourth-order valence-corrected chi connectivity index (χ4v) is 2.66. The Hall–Kier alpha value is -2.75. The van der Waals surface area contributed by atoms with Gasteiger partial charge in [0.15, 0.2) is 11.6 Å². The number of alkyl halides is 2. The number of aryl methyl sites for hydroxylation is 1. The van der Waals surface area contributed by atoms with Gasteiger partial charge in [-0.1, -0.05) is 61.5 Å². The van der Waals surface area contributed by atoms with Gasteiger partial charge in [0, 0.05) is 0 Å². The highest BCUT2D eigenvalue weighted by Gasteiger charge is 2.11. The molecule has 0 saturated heterocycles. The number of hydrogen-bond donors (Lipinski definition) is 0. The fraction of sp³-hybridized carbons (Fsp3) is 0.143. The van der Waals surface area contributed by atoms with Crippen molar-refractivity contribution in [2.75, 3.05) is 0 Å². The molecule has 0 amide bonds. The highest BCUT2D eigenvalue weighted by Crippen LogP contribution is 2.29. The number of benzene rings is 3. The van der Waals surface area contributed by atoms with E-state index < -0.39 is 18.2 Å². The molecule has 0 aromatic heterocycles. The molecule has 25 heavy (non-hydrogen) atoms. The zero-order valence-electron chi connectivity index (χ0n) is 13.7. The standard InChI is InChI=1S/C21H17F3O/c1-2-14-3-5-15(6-4-14)16-7-9-17(10-8-16)18-11-12-20(19(22)13-18)25-21(23)24/h3-13,21H,2H2,1H3. The van der Waals surface area contributed by atoms with Gasteiger partial charge in [-0.2, -0.15) is 8.78 Å². The summed E-state index contributed by atoms with van der Waals surface area (Å²) >= 11 is 0. The maximum Gasteiger partial charge on any atom is 0.387 e. The van der Waals surface area contributed by atoms with Crippen LogP contribution in [0, 0.1) is 5.82 Å². The molecule has 0 aliphatic heterocycles. The zero-order chi connectivity index (χ0) is 17.8. The molecule has 0 N–H and O–H groups in total. The average Bonchev–Trinajstić information content (AvgIpc) is 2.63. The van der Waals surface area contributed by atoms with Crippen LogP contribution in [0.15, 0.2) is 66.7 Å². The van der Waals surface area contributed by atoms with Crippen molar-refractivity contribution in [2.45, 2.75) is 20.0 Å². The zero-order valence-corrected chi connectivity index (χ0v) is 13.7. The molecule has 3 aromatic carbocycles. The first-order valence-corrected chi connectivity index (χ1v) is 8.01. The molecule has 0 bridgehead atoms. The molecule has 0 aliphatic carbocycles. The second-order valence-corrected chi connectivity index (χ2v) is 5.65. The van der Waals surface area contributed by atoms with Gasteiger partial charge in [0.2, 0.25) is 0 Å². The van der Waals surface area contributed by atoms with Gasteiger partial charge < -0.3 is 4.74 Å². The van der Waals surface area contributed by atoms with E-state index in [0.717, 1.165) is 23.1 Å². The van der Waals surface area contributed by atoms with Crippen LogP contribution < -0.4 is 4.74 Å². The Morgan fingerprint density at radius 3 is 1.72 bits per heavy atom. The van der Waals surface area contributed by atoms with Crippen molar-refractivity contribution in [3.05, 3.63) is 78.1 Å². The molecule has 4 heteroatoms. The van der Waals surface area contributed by atoms with E-state index >= 15 is 0 Å². The predicted molar refractivity (Wildman–Crippen MR) is 93.3 cm³/mol. The van der Waals surface area contributed by atoms with Crippen LogP contribution in [-0.4, -0.2) is 6.61 Å². The predicted octanol–water partition coefficient (Wildman–Crippen LogP) is 6.32. The molecule has 0 spiro atoms. The maximum absolute atomic E-state index is 13.9. The van der Waals surface area contributed by atoms with Gasteiger partial charge in [-0.15, -0.1) is 0 Å². The molecule has 0 radical (unpaired) electrons. The van der Waals surface area contributed by atoms with E-state index in [2.05, 4.69) is 35.9 Å². The van der Waals surface area contributed by atoms with Crippen LogP contribution in [-0.2, 0) is 6.42 Å². The van der Waals surface area contributed by atoms with E-state index in [9.17, 15) is 13.2 Å². The van der Waals surface area contributed by atoms with E-state index in [4.69, 9.17) is 0 Å². The minimum absolute atomic E-state index is 0.452. The molecule has 3 rings (SSSR count). The first kappa shape index (κ1) is 17.1. The monoisotopic (exact) mass is 342 g/mol. The number of rotatable bonds is 5. The molecule has 1 nitrogen and oxygen atoms in total. The van der Waals surface area contributed by atoms with Crippen LogP contribution >= 0.6 is 0 Å². The molecule has 3 aromatic rings. The molecule has 0 unspecified atom stereocenters. The van der Waals surface area contributed by atoms with Crippen LogP contribution in [0.25, 0.3) is 22.3 Å². The molecule has 128 valence electrons. The SMILES string of the molecule is CCc1ccc(-c2ccc(-c3ccc(OC(F)F)c(F)c3)cc2)cc1. The summed E-state index contributed by atoms with van der Waals surface area (Å²) in [5, 5.41) is 0. The topological polar surface area (TPSA) is 9.23 Å². The van der Waals surface area contributed by atoms with Crippen molar-refractivity contribution in [1.82, 2.24) is 0 Å². The van der Waals surface area contributed by atoms with Crippen LogP contribution in [0.3, 0.4) is 0 Å². The summed E-state index contributed by atoms with van der Waals surface area (Å²) in [6, 6.07) is 20.0. The molecule has 0 fully saturated rings. The maximum atomic E-state index is 13.9. The van der Waals surface area contributed by atoms with E-state index in [0.29, 0.717) is 5.56 Å². The third kappa shape index (κ3) is 4.02. The van der Waals surface area contributed by atoms with Crippen LogP contribution in [0.4, 0.5) is 13.2 Å². The van der Waals surface area contributed by atoms with E-state index in [-0.39, 0.29) is 0 Å². The summed E-state index contributed by atoms with van der Waals surface area (Å²) in [5.74, 6) is -1.26. The first-order valence-electron chi connectivity index (χ1n) is 8.01. The lowest BCUT2D eigenvalue weighted by atomic mass is 9.99. The summed E-state index contributed by atoms with van der Waals surface area (Å²) in [6.07, 6.45) is 0.996. The molecule has 0 aliphatic rings. The fourth-order valence-electron chi connectivity index (χ4n) is 2.66. The van der Waals surface area contributed by atoms with E-state index in [1.807, 2.05) is 24.3 Å². The smallest absolute Gasteiger partial charge is 0.387 e. The highest BCUT2D eigenvalue weighted by atomic mass is 19.3. The van der Waals surface area contributed by atoms with Crippen molar-refractivity contribution in [3.63, 3.8) is 0 Å². The van der Waals surface area contributed by atoms with Gasteiger partial charge in [0.25, 0.3) is 0 Å². The van der Waals surface area contributed by atoms with Crippen molar-refractivity contribution in [1.29, 1.82) is 0 Å². The third-order valence-electron chi connectivity index (χ3n) is 4.06. The summed E-state index contributed by atoms with van der Waals surface area (Å²) in [6.45, 7) is -0.931. The van der Waals surface area contributed by atoms with Gasteiger partial charge in [0.1, 0.15) is 0 Å². The van der Waals surface area contributed by atoms with Crippen molar-refractivity contribution < 1.29 is 17.9 Å². The first-order chi connectivity index (χ1) is 12.1. The lowest BCUT2D eigenvalue weighted by molar-refractivity contribution is -0.0521. The second-order valence-electron chi connectivity index (χ2n) is 5.65. The van der Waals surface area contributed by atoms with Gasteiger partial charge >= 0.3 is 6.61 Å². The van der Waals surface area contributed by atoms with Gasteiger partial charge in [0.05, 0.1) is 0 Å². The highest BCUT2D eigenvalue weighted by molar-refractivity contribution is 5.70. The molecular formula is C21H17F3O. The van der Waals surface area contributed by atoms with Crippen LogP contribution in [0.2, 0.25) is 0 Å². The summed E-state index contributed by atoms with van der Waals surface area (Å²) in [7, 11) is 0. The van der Waals surface area contributed by atoms with Gasteiger partial charge in [-0.05, 0) is 46.4 Å². The average molecular weight is 342 g/mol. The summed E-state index contributed by atoms with van der Waals surface area (Å²) in [5.41, 5.74) is 4.85. The van der Waals surface area contributed by atoms with Gasteiger partial charge in [-0.3, -0.25) is 0 Å². The molecule has 0 atom stereocenters. The number of hydrogen-bond acceptors (Lipinski definition) is 1. The Morgan fingerprint density at radius 2 is 1.24 bits per heavy atom. The van der Waals surface area contributed by atoms with Crippen molar-refractivity contribution >= 4 is 0 Å². The Morgan fingerprint density at radius 1 is 0.760 bits per heavy atom. The quantitative estimate of drug-likeness (QED) is 0.527. The lowest BCUT2D eigenvalue weighted by Crippen LogP contribution is -2.03. The lowest BCUT2D eigenvalue weighted by Gasteiger charge is -2.09. The second kappa shape index (κ2) is 7.43. The van der Waals surface area contributed by atoms with Crippen LogP contribution in [0.5, 0.6) is 5.75 Å². The van der Waals surface area contributed by atoms with E-state index in [1.54, 1.807) is 6.07 Å². The molecule has 0 heterocycles. The van der Waals surface area contributed by atoms with E-state index in [1.165, 1.54) is 17.7 Å². The molecule has 0 saturated carbocycles. The number of ether oxygens (including phenoxy) is 1. The van der Waals surface area contributed by atoms with Gasteiger partial charge in [-0.25, -0.2) is 4.39 Å². The Labute approximate surface area is 144 Å². The molecular weight excluding hydrogens is 325 g/mol. The minimum Gasteiger partial charge on any atom is -0.432 e. The Bertz CT molecular complexity index is 840. The largest absolute Gasteiger partial charge is 0.432 e.